The van der Waals surface area contributed by atoms with Gasteiger partial charge in [0.05, 0.1) is 5.41 Å². The molecule has 3 aliphatic heterocycles. The van der Waals surface area contributed by atoms with Crippen LogP contribution in [-0.2, 0) is 28.6 Å². The van der Waals surface area contributed by atoms with E-state index in [9.17, 15) is 14.4 Å². The molecule has 3 atom stereocenters. The van der Waals surface area contributed by atoms with Crippen molar-refractivity contribution in [3.8, 4) is 0 Å². The molecule has 3 unspecified atom stereocenters. The highest BCUT2D eigenvalue weighted by atomic mass is 33.1. The van der Waals surface area contributed by atoms with Crippen molar-refractivity contribution in [2.45, 2.75) is 99.7 Å². The topological polar surface area (TPSA) is 78.9 Å². The molecule has 0 amide bonds. The van der Waals surface area contributed by atoms with Gasteiger partial charge in [-0.1, -0.05) is 64.8 Å². The Morgan fingerprint density at radius 2 is 0.921 bits per heavy atom. The molecule has 6 nitrogen and oxygen atoms in total. The van der Waals surface area contributed by atoms with Gasteiger partial charge in [-0.2, -0.15) is 0 Å². The van der Waals surface area contributed by atoms with E-state index < -0.39 is 5.41 Å². The van der Waals surface area contributed by atoms with Crippen LogP contribution >= 0.6 is 64.8 Å². The lowest BCUT2D eigenvalue weighted by molar-refractivity contribution is -0.160. The summed E-state index contributed by atoms with van der Waals surface area (Å²) in [5.74, 6) is 2.82. The first-order valence-electron chi connectivity index (χ1n) is 13.7. The van der Waals surface area contributed by atoms with Gasteiger partial charge in [0, 0.05) is 52.3 Å². The van der Waals surface area contributed by atoms with Crippen LogP contribution in [0.1, 0.15) is 84.0 Å². The summed E-state index contributed by atoms with van der Waals surface area (Å²) >= 11 is 0. The number of rotatable bonds is 18. The van der Waals surface area contributed by atoms with E-state index in [1.807, 2.05) is 71.7 Å². The average Bonchev–Trinajstić information content (AvgIpc) is 3.70. The van der Waals surface area contributed by atoms with Crippen LogP contribution < -0.4 is 0 Å². The summed E-state index contributed by atoms with van der Waals surface area (Å²) in [5, 5.41) is 1.90. The largest absolute Gasteiger partial charge is 0.465 e. The maximum absolute atomic E-state index is 12.4. The van der Waals surface area contributed by atoms with Crippen LogP contribution in [0.3, 0.4) is 0 Å². The Bertz CT molecular complexity index is 630. The van der Waals surface area contributed by atoms with Crippen LogP contribution in [0.5, 0.6) is 0 Å². The Morgan fingerprint density at radius 1 is 0.605 bits per heavy atom. The standard InChI is InChI=1S/C26H42O6S6/c1-26(17-30-23(27)8-2-5-20-11-14-33-36-20,18-31-24(28)9-3-6-21-12-15-34-37-21)19-32-25(29)10-4-7-22-13-16-35-38-22/h20-22H,2-19H2,1H3. The molecule has 3 saturated heterocycles. The summed E-state index contributed by atoms with van der Waals surface area (Å²) in [6, 6.07) is 0. The molecule has 0 aliphatic carbocycles. The molecule has 0 aromatic rings. The molecule has 218 valence electrons. The van der Waals surface area contributed by atoms with Crippen molar-refractivity contribution in [3.63, 3.8) is 0 Å². The Balaban J connectivity index is 1.38. The first-order valence-corrected chi connectivity index (χ1v) is 20.9. The Kier molecular flexibility index (Phi) is 16.4. The van der Waals surface area contributed by atoms with E-state index in [4.69, 9.17) is 14.2 Å². The van der Waals surface area contributed by atoms with Crippen LogP contribution in [0, 0.1) is 5.41 Å². The van der Waals surface area contributed by atoms with Crippen LogP contribution in [0.15, 0.2) is 0 Å². The fourth-order valence-electron chi connectivity index (χ4n) is 4.22. The smallest absolute Gasteiger partial charge is 0.305 e. The summed E-state index contributed by atoms with van der Waals surface area (Å²) in [6.07, 6.45) is 10.3. The van der Waals surface area contributed by atoms with Gasteiger partial charge in [-0.05, 0) is 64.7 Å². The third-order valence-electron chi connectivity index (χ3n) is 6.65. The lowest BCUT2D eigenvalue weighted by Gasteiger charge is -2.28. The molecule has 38 heavy (non-hydrogen) atoms. The van der Waals surface area contributed by atoms with Gasteiger partial charge in [0.2, 0.25) is 0 Å². The summed E-state index contributed by atoms with van der Waals surface area (Å²) in [4.78, 5) is 37.3. The molecular weight excluding hydrogens is 601 g/mol. The number of hydrogen-bond acceptors (Lipinski definition) is 12. The van der Waals surface area contributed by atoms with Crippen molar-refractivity contribution in [1.82, 2.24) is 0 Å². The van der Waals surface area contributed by atoms with E-state index in [1.54, 1.807) is 0 Å². The molecule has 3 rings (SSSR count). The molecule has 3 fully saturated rings. The van der Waals surface area contributed by atoms with Crippen molar-refractivity contribution in [3.05, 3.63) is 0 Å². The molecule has 0 saturated carbocycles. The highest BCUT2D eigenvalue weighted by molar-refractivity contribution is 8.78. The third kappa shape index (κ3) is 13.9. The van der Waals surface area contributed by atoms with Crippen LogP contribution in [0.4, 0.5) is 0 Å². The van der Waals surface area contributed by atoms with E-state index >= 15 is 0 Å². The Morgan fingerprint density at radius 3 is 1.18 bits per heavy atom. The number of carbonyl (C=O) groups excluding carboxylic acids is 3. The van der Waals surface area contributed by atoms with E-state index in [-0.39, 0.29) is 37.7 Å². The zero-order valence-corrected chi connectivity index (χ0v) is 27.3. The molecule has 0 radical (unpaired) electrons. The molecule has 12 heteroatoms. The van der Waals surface area contributed by atoms with Gasteiger partial charge < -0.3 is 14.2 Å². The van der Waals surface area contributed by atoms with Crippen LogP contribution in [0.25, 0.3) is 0 Å². The monoisotopic (exact) mass is 642 g/mol. The SMILES string of the molecule is CC(COC(=O)CCCC1CCSS1)(COC(=O)CCCC1CCSS1)COC(=O)CCCC1CCSS1. The first-order chi connectivity index (χ1) is 18.4. The van der Waals surface area contributed by atoms with Crippen molar-refractivity contribution in [2.24, 2.45) is 5.41 Å². The number of ether oxygens (including phenoxy) is 3. The van der Waals surface area contributed by atoms with Crippen LogP contribution in [0.2, 0.25) is 0 Å². The fraction of sp³-hybridized carbons (Fsp3) is 0.885. The second kappa shape index (κ2) is 18.8. The first kappa shape index (κ1) is 33.0. The van der Waals surface area contributed by atoms with E-state index in [2.05, 4.69) is 0 Å². The predicted octanol–water partition coefficient (Wildman–Crippen LogP) is 7.59. The zero-order chi connectivity index (χ0) is 27.1. The van der Waals surface area contributed by atoms with E-state index in [0.717, 1.165) is 38.5 Å². The van der Waals surface area contributed by atoms with Crippen molar-refractivity contribution >= 4 is 82.7 Å². The normalized spacial score (nSPS) is 24.7. The number of carbonyl (C=O) groups is 3. The van der Waals surface area contributed by atoms with Gasteiger partial charge in [-0.3, -0.25) is 14.4 Å². The van der Waals surface area contributed by atoms with Crippen LogP contribution in [-0.4, -0.2) is 70.7 Å². The van der Waals surface area contributed by atoms with Crippen molar-refractivity contribution < 1.29 is 28.6 Å². The molecule has 3 aliphatic rings. The van der Waals surface area contributed by atoms with Gasteiger partial charge in [0.25, 0.3) is 0 Å². The summed E-state index contributed by atoms with van der Waals surface area (Å²) in [5.41, 5.74) is -0.769. The quantitative estimate of drug-likeness (QED) is 0.0839. The van der Waals surface area contributed by atoms with Gasteiger partial charge in [-0.25, -0.2) is 0 Å². The Labute approximate surface area is 252 Å². The highest BCUT2D eigenvalue weighted by Crippen LogP contribution is 2.41. The maximum Gasteiger partial charge on any atom is 0.305 e. The summed E-state index contributed by atoms with van der Waals surface area (Å²) in [7, 11) is 11.5. The minimum atomic E-state index is -0.769. The zero-order valence-electron chi connectivity index (χ0n) is 22.4. The number of hydrogen-bond donors (Lipinski definition) is 0. The molecule has 0 bridgehead atoms. The van der Waals surface area contributed by atoms with E-state index in [1.165, 1.54) is 36.5 Å². The fourth-order valence-corrected chi connectivity index (χ4v) is 13.3. The predicted molar refractivity (Wildman–Crippen MR) is 168 cm³/mol. The highest BCUT2D eigenvalue weighted by Gasteiger charge is 2.31. The van der Waals surface area contributed by atoms with Gasteiger partial charge in [0.1, 0.15) is 19.8 Å². The van der Waals surface area contributed by atoms with E-state index in [0.29, 0.717) is 35.0 Å². The lowest BCUT2D eigenvalue weighted by atomic mass is 9.94. The van der Waals surface area contributed by atoms with Gasteiger partial charge >= 0.3 is 17.9 Å². The Hall–Kier alpha value is 0.510. The molecule has 0 spiro atoms. The molecular formula is C26H42O6S6. The number of esters is 3. The average molecular weight is 643 g/mol. The molecule has 0 aromatic carbocycles. The van der Waals surface area contributed by atoms with Crippen molar-refractivity contribution in [2.75, 3.05) is 37.1 Å². The minimum absolute atomic E-state index is 0.0618. The summed E-state index contributed by atoms with van der Waals surface area (Å²) in [6.45, 7) is 2.04. The minimum Gasteiger partial charge on any atom is -0.465 e. The summed E-state index contributed by atoms with van der Waals surface area (Å²) < 4.78 is 16.8. The van der Waals surface area contributed by atoms with Gasteiger partial charge in [-0.15, -0.1) is 0 Å². The van der Waals surface area contributed by atoms with Gasteiger partial charge in [0.15, 0.2) is 0 Å². The maximum atomic E-state index is 12.4. The van der Waals surface area contributed by atoms with Crippen molar-refractivity contribution in [1.29, 1.82) is 0 Å². The second-order valence-corrected chi connectivity index (χ2v) is 18.8. The molecule has 0 aromatic heterocycles. The molecule has 0 N–H and O–H groups in total. The molecule has 3 heterocycles. The second-order valence-electron chi connectivity index (χ2n) is 10.5. The lowest BCUT2D eigenvalue weighted by Crippen LogP contribution is -2.37. The third-order valence-corrected chi connectivity index (χ3v) is 15.7.